The standard InChI is InChI=1S/C27H32BrN2.BrH/c28-21-25-11-7-23(8-12-25)5-1-2-6-24-9-13-26(14-10-24)22-29-19-15-27(16-20-29)30-17-3-4-18-30;/h7-16,19-20H,1-6,17-18,21-22H2;1H/q+1;/p-1. The second-order valence-electron chi connectivity index (χ2n) is 8.40. The molecule has 0 aliphatic carbocycles. The molecule has 1 aliphatic rings. The van der Waals surface area contributed by atoms with Crippen molar-refractivity contribution in [3.8, 4) is 0 Å². The molecule has 3 aromatic rings. The SMILES string of the molecule is BrCc1ccc(CCCCc2ccc(C[n+]3ccc(N4CCCC4)cc3)cc2)cc1.[Br-]. The maximum atomic E-state index is 3.51. The van der Waals surface area contributed by atoms with Gasteiger partial charge in [0, 0.05) is 41.8 Å². The number of nitrogens with zero attached hydrogens (tertiary/aromatic N) is 2. The fraction of sp³-hybridized carbons (Fsp3) is 0.370. The van der Waals surface area contributed by atoms with E-state index in [0.29, 0.717) is 0 Å². The van der Waals surface area contributed by atoms with Crippen molar-refractivity contribution in [1.29, 1.82) is 0 Å². The smallest absolute Gasteiger partial charge is 0.173 e. The number of rotatable bonds is 9. The van der Waals surface area contributed by atoms with Crippen molar-refractivity contribution in [2.45, 2.75) is 50.4 Å². The molecule has 0 unspecified atom stereocenters. The van der Waals surface area contributed by atoms with E-state index in [1.54, 1.807) is 0 Å². The molecule has 2 nitrogen and oxygen atoms in total. The van der Waals surface area contributed by atoms with Crippen molar-refractivity contribution < 1.29 is 21.5 Å². The molecule has 164 valence electrons. The number of hydrogen-bond acceptors (Lipinski definition) is 1. The molecule has 1 fully saturated rings. The Morgan fingerprint density at radius 2 is 1.16 bits per heavy atom. The normalized spacial score (nSPS) is 13.3. The first-order valence-corrected chi connectivity index (χ1v) is 12.4. The minimum Gasteiger partial charge on any atom is -1.00 e. The van der Waals surface area contributed by atoms with Crippen LogP contribution in [0.2, 0.25) is 0 Å². The molecule has 0 spiro atoms. The third kappa shape index (κ3) is 7.18. The van der Waals surface area contributed by atoms with Gasteiger partial charge < -0.3 is 21.9 Å². The van der Waals surface area contributed by atoms with Crippen molar-refractivity contribution in [3.05, 3.63) is 95.3 Å². The summed E-state index contributed by atoms with van der Waals surface area (Å²) in [6, 6.07) is 22.7. The lowest BCUT2D eigenvalue weighted by molar-refractivity contribution is -0.688. The Balaban J connectivity index is 0.00000272. The minimum absolute atomic E-state index is 0. The van der Waals surface area contributed by atoms with Crippen molar-refractivity contribution in [2.75, 3.05) is 18.0 Å². The summed E-state index contributed by atoms with van der Waals surface area (Å²) in [4.78, 5) is 2.48. The van der Waals surface area contributed by atoms with Crippen LogP contribution in [0.5, 0.6) is 0 Å². The summed E-state index contributed by atoms with van der Waals surface area (Å²) in [5.74, 6) is 0. The van der Waals surface area contributed by atoms with Gasteiger partial charge >= 0.3 is 0 Å². The van der Waals surface area contributed by atoms with Crippen LogP contribution in [-0.2, 0) is 24.7 Å². The lowest BCUT2D eigenvalue weighted by Crippen LogP contribution is -3.00. The number of aryl methyl sites for hydroxylation is 2. The maximum absolute atomic E-state index is 3.51. The Labute approximate surface area is 206 Å². The second kappa shape index (κ2) is 12.4. The summed E-state index contributed by atoms with van der Waals surface area (Å²) in [5, 5.41) is 0.936. The summed E-state index contributed by atoms with van der Waals surface area (Å²) in [6.45, 7) is 3.34. The highest BCUT2D eigenvalue weighted by Crippen LogP contribution is 2.18. The highest BCUT2D eigenvalue weighted by Gasteiger charge is 2.13. The van der Waals surface area contributed by atoms with E-state index < -0.39 is 0 Å². The molecule has 0 atom stereocenters. The van der Waals surface area contributed by atoms with E-state index in [4.69, 9.17) is 0 Å². The fourth-order valence-corrected chi connectivity index (χ4v) is 4.59. The molecule has 4 rings (SSSR count). The molecule has 0 radical (unpaired) electrons. The number of halogens is 2. The first-order valence-electron chi connectivity index (χ1n) is 11.3. The molecular weight excluding hydrogens is 512 g/mol. The average Bonchev–Trinajstić information content (AvgIpc) is 3.34. The minimum atomic E-state index is 0. The van der Waals surface area contributed by atoms with Crippen molar-refractivity contribution in [3.63, 3.8) is 0 Å². The van der Waals surface area contributed by atoms with E-state index in [2.05, 4.69) is 98.5 Å². The Bertz CT molecular complexity index is 899. The molecule has 0 amide bonds. The molecular formula is C27H32Br2N2. The van der Waals surface area contributed by atoms with Crippen LogP contribution >= 0.6 is 15.9 Å². The maximum Gasteiger partial charge on any atom is 0.173 e. The fourth-order valence-electron chi connectivity index (χ4n) is 4.22. The molecule has 0 saturated carbocycles. The van der Waals surface area contributed by atoms with E-state index in [9.17, 15) is 0 Å². The van der Waals surface area contributed by atoms with Gasteiger partial charge in [0.15, 0.2) is 18.9 Å². The van der Waals surface area contributed by atoms with Crippen LogP contribution in [0.25, 0.3) is 0 Å². The Kier molecular flexibility index (Phi) is 9.60. The van der Waals surface area contributed by atoms with Gasteiger partial charge in [-0.25, -0.2) is 4.57 Å². The van der Waals surface area contributed by atoms with Crippen LogP contribution in [0.1, 0.15) is 47.9 Å². The molecule has 4 heteroatoms. The Morgan fingerprint density at radius 3 is 1.68 bits per heavy atom. The van der Waals surface area contributed by atoms with Crippen LogP contribution < -0.4 is 26.4 Å². The van der Waals surface area contributed by atoms with Gasteiger partial charge in [0.2, 0.25) is 0 Å². The van der Waals surface area contributed by atoms with Gasteiger partial charge in [-0.05, 0) is 55.2 Å². The number of pyridine rings is 1. The number of unbranched alkanes of at least 4 members (excludes halogenated alkanes) is 1. The summed E-state index contributed by atoms with van der Waals surface area (Å²) in [7, 11) is 0. The van der Waals surface area contributed by atoms with Gasteiger partial charge in [-0.2, -0.15) is 0 Å². The van der Waals surface area contributed by atoms with E-state index in [-0.39, 0.29) is 17.0 Å². The molecule has 2 aromatic carbocycles. The van der Waals surface area contributed by atoms with Gasteiger partial charge in [0.05, 0.1) is 0 Å². The van der Waals surface area contributed by atoms with Gasteiger partial charge in [-0.3, -0.25) is 0 Å². The van der Waals surface area contributed by atoms with Gasteiger partial charge in [-0.1, -0.05) is 64.5 Å². The molecule has 31 heavy (non-hydrogen) atoms. The largest absolute Gasteiger partial charge is 1.00 e. The quantitative estimate of drug-likeness (QED) is 0.228. The summed E-state index contributed by atoms with van der Waals surface area (Å²) in [6.07, 6.45) is 11.9. The molecule has 0 bridgehead atoms. The van der Waals surface area contributed by atoms with Crippen molar-refractivity contribution in [1.82, 2.24) is 0 Å². The zero-order chi connectivity index (χ0) is 20.6. The number of alkyl halides is 1. The summed E-state index contributed by atoms with van der Waals surface area (Å²) in [5.41, 5.74) is 6.97. The van der Waals surface area contributed by atoms with Crippen LogP contribution in [0, 0.1) is 0 Å². The molecule has 1 saturated heterocycles. The average molecular weight is 544 g/mol. The Morgan fingerprint density at radius 1 is 0.677 bits per heavy atom. The van der Waals surface area contributed by atoms with E-state index >= 15 is 0 Å². The predicted octanol–water partition coefficient (Wildman–Crippen LogP) is 3.09. The highest BCUT2D eigenvalue weighted by molar-refractivity contribution is 9.08. The topological polar surface area (TPSA) is 7.12 Å². The molecule has 2 heterocycles. The monoisotopic (exact) mass is 542 g/mol. The molecule has 0 N–H and O–H groups in total. The molecule has 1 aromatic heterocycles. The first-order chi connectivity index (χ1) is 14.8. The third-order valence-corrected chi connectivity index (χ3v) is 6.74. The summed E-state index contributed by atoms with van der Waals surface area (Å²) >= 11 is 3.51. The van der Waals surface area contributed by atoms with Crippen LogP contribution in [0.15, 0.2) is 73.1 Å². The first kappa shape index (κ1) is 24.0. The van der Waals surface area contributed by atoms with Gasteiger partial charge in [0.1, 0.15) is 0 Å². The highest BCUT2D eigenvalue weighted by atomic mass is 79.9. The van der Waals surface area contributed by atoms with Crippen LogP contribution in [0.3, 0.4) is 0 Å². The number of benzene rings is 2. The number of aromatic nitrogens is 1. The zero-order valence-corrected chi connectivity index (χ0v) is 21.3. The van der Waals surface area contributed by atoms with E-state index in [0.717, 1.165) is 18.3 Å². The van der Waals surface area contributed by atoms with Gasteiger partial charge in [0.25, 0.3) is 0 Å². The van der Waals surface area contributed by atoms with E-state index in [1.165, 1.54) is 73.1 Å². The lowest BCUT2D eigenvalue weighted by Gasteiger charge is -2.16. The predicted molar refractivity (Wildman–Crippen MR) is 129 cm³/mol. The van der Waals surface area contributed by atoms with Crippen molar-refractivity contribution >= 4 is 21.6 Å². The Hall–Kier alpha value is -1.65. The molecule has 1 aliphatic heterocycles. The number of anilines is 1. The number of hydrogen-bond donors (Lipinski definition) is 0. The van der Waals surface area contributed by atoms with Gasteiger partial charge in [-0.15, -0.1) is 0 Å². The van der Waals surface area contributed by atoms with Crippen molar-refractivity contribution in [2.24, 2.45) is 0 Å². The summed E-state index contributed by atoms with van der Waals surface area (Å²) < 4.78 is 2.27. The second-order valence-corrected chi connectivity index (χ2v) is 8.96. The van der Waals surface area contributed by atoms with Crippen LogP contribution in [0.4, 0.5) is 5.69 Å². The third-order valence-electron chi connectivity index (χ3n) is 6.09. The zero-order valence-electron chi connectivity index (χ0n) is 18.1. The van der Waals surface area contributed by atoms with E-state index in [1.807, 2.05) is 0 Å². The lowest BCUT2D eigenvalue weighted by atomic mass is 10.0. The van der Waals surface area contributed by atoms with Crippen LogP contribution in [-0.4, -0.2) is 13.1 Å².